The third-order valence-corrected chi connectivity index (χ3v) is 7.44. The Kier molecular flexibility index (Phi) is 6.85. The molecular weight excluding hydrogens is 306 g/mol. The van der Waals surface area contributed by atoms with Crippen molar-refractivity contribution in [1.29, 1.82) is 0 Å². The number of benzene rings is 1. The highest BCUT2D eigenvalue weighted by Crippen LogP contribution is 2.28. The van der Waals surface area contributed by atoms with Crippen LogP contribution in [-0.4, -0.2) is 27.7 Å². The maximum absolute atomic E-state index is 13.6. The lowest BCUT2D eigenvalue weighted by Crippen LogP contribution is -2.32. The van der Waals surface area contributed by atoms with Gasteiger partial charge in [0.1, 0.15) is 0 Å². The zero-order chi connectivity index (χ0) is 16.7. The zero-order valence-corrected chi connectivity index (χ0v) is 15.0. The highest BCUT2D eigenvalue weighted by atomic mass is 32.2. The summed E-state index contributed by atoms with van der Waals surface area (Å²) in [5.74, 6) is 0.548. The molecule has 1 unspecified atom stereocenters. The minimum absolute atomic E-state index is 0.457. The lowest BCUT2D eigenvalue weighted by molar-refractivity contribution is 0.176. The number of hydrogen-bond acceptors (Lipinski definition) is 3. The molecule has 1 aromatic carbocycles. The van der Waals surface area contributed by atoms with Crippen LogP contribution in [0.3, 0.4) is 0 Å². The van der Waals surface area contributed by atoms with Gasteiger partial charge in [-0.25, -0.2) is 8.57 Å². The minimum Gasteiger partial charge on any atom is -0.392 e. The lowest BCUT2D eigenvalue weighted by atomic mass is 9.89. The Labute approximate surface area is 141 Å². The molecule has 1 fully saturated rings. The van der Waals surface area contributed by atoms with Crippen LogP contribution in [0.4, 0.5) is 0 Å². The fourth-order valence-electron chi connectivity index (χ4n) is 3.27. The third kappa shape index (κ3) is 4.45. The molecule has 128 valence electrons. The van der Waals surface area contributed by atoms with Gasteiger partial charge in [0.2, 0.25) is 0 Å². The van der Waals surface area contributed by atoms with Gasteiger partial charge in [0.05, 0.1) is 21.1 Å². The molecular formula is C19H29NO2S. The van der Waals surface area contributed by atoms with E-state index in [-0.39, 0.29) is 0 Å². The van der Waals surface area contributed by atoms with Crippen molar-refractivity contribution in [2.24, 2.45) is 10.3 Å². The van der Waals surface area contributed by atoms with E-state index in [0.29, 0.717) is 17.2 Å². The van der Waals surface area contributed by atoms with E-state index in [9.17, 15) is 9.32 Å². The molecule has 0 radical (unpaired) electrons. The molecule has 0 aromatic heterocycles. The summed E-state index contributed by atoms with van der Waals surface area (Å²) in [6, 6.07) is 9.35. The number of rotatable bonds is 6. The van der Waals surface area contributed by atoms with Crippen molar-refractivity contribution in [1.82, 2.24) is 0 Å². The second-order valence-electron chi connectivity index (χ2n) is 6.29. The molecule has 0 bridgehead atoms. The van der Waals surface area contributed by atoms with Crippen LogP contribution >= 0.6 is 0 Å². The number of aliphatic hydroxyl groups excluding tert-OH is 1. The number of allylic oxidation sites excluding steroid dienone is 1. The van der Waals surface area contributed by atoms with Crippen molar-refractivity contribution in [3.05, 3.63) is 42.5 Å². The van der Waals surface area contributed by atoms with Crippen LogP contribution in [0.25, 0.3) is 0 Å². The Morgan fingerprint density at radius 2 is 1.91 bits per heavy atom. The summed E-state index contributed by atoms with van der Waals surface area (Å²) in [7, 11) is -1.07. The molecule has 3 nitrogen and oxygen atoms in total. The van der Waals surface area contributed by atoms with Gasteiger partial charge in [0.15, 0.2) is 0 Å². The summed E-state index contributed by atoms with van der Waals surface area (Å²) in [6.45, 7) is 1.92. The normalized spacial score (nSPS) is 21.7. The molecule has 0 heterocycles. The van der Waals surface area contributed by atoms with E-state index in [4.69, 9.17) is 0 Å². The SMILES string of the molecule is CC[C@@H](O)[C@@H](/C=C/C1CCCCC1)S(=O)(=NC)c1ccccc1. The van der Waals surface area contributed by atoms with Gasteiger partial charge in [-0.15, -0.1) is 0 Å². The molecule has 0 spiro atoms. The maximum atomic E-state index is 13.6. The Hall–Kier alpha value is -1.13. The standard InChI is InChI=1S/C19H29NO2S/c1-3-18(21)19(15-14-16-10-6-4-7-11-16)23(22,20-2)17-12-8-5-9-13-17/h5,8-9,12-16,18-19,21H,3-4,6-7,10-11H2,1-2H3/b15-14+/t18-,19-,23?/m1/s1. The lowest BCUT2D eigenvalue weighted by Gasteiger charge is -2.24. The summed E-state index contributed by atoms with van der Waals surface area (Å²) in [5.41, 5.74) is 0. The van der Waals surface area contributed by atoms with E-state index in [2.05, 4.69) is 10.4 Å². The van der Waals surface area contributed by atoms with Gasteiger partial charge >= 0.3 is 0 Å². The minimum atomic E-state index is -2.67. The first-order chi connectivity index (χ1) is 11.1. The molecule has 4 heteroatoms. The maximum Gasteiger partial charge on any atom is 0.0913 e. The molecule has 1 aromatic rings. The Morgan fingerprint density at radius 1 is 1.26 bits per heavy atom. The third-order valence-electron chi connectivity index (χ3n) is 4.74. The molecule has 0 saturated heterocycles. The highest BCUT2D eigenvalue weighted by Gasteiger charge is 2.29. The van der Waals surface area contributed by atoms with E-state index in [1.165, 1.54) is 32.1 Å². The van der Waals surface area contributed by atoms with Crippen molar-refractivity contribution in [2.45, 2.75) is 61.7 Å². The number of hydrogen-bond donors (Lipinski definition) is 1. The average molecular weight is 336 g/mol. The Morgan fingerprint density at radius 3 is 2.48 bits per heavy atom. The molecule has 0 amide bonds. The number of nitrogens with zero attached hydrogens (tertiary/aromatic N) is 1. The average Bonchev–Trinajstić information content (AvgIpc) is 2.62. The van der Waals surface area contributed by atoms with E-state index >= 15 is 0 Å². The first-order valence-corrected chi connectivity index (χ1v) is 10.2. The topological polar surface area (TPSA) is 49.7 Å². The van der Waals surface area contributed by atoms with Crippen LogP contribution in [0.5, 0.6) is 0 Å². The van der Waals surface area contributed by atoms with Gasteiger partial charge in [-0.05, 0) is 37.3 Å². The smallest absolute Gasteiger partial charge is 0.0913 e. The second-order valence-corrected chi connectivity index (χ2v) is 8.81. The summed E-state index contributed by atoms with van der Waals surface area (Å²) in [5, 5.41) is 10.0. The summed E-state index contributed by atoms with van der Waals surface area (Å²) in [6.07, 6.45) is 10.3. The fourth-order valence-corrected chi connectivity index (χ4v) is 5.51. The molecule has 2 rings (SSSR count). The van der Waals surface area contributed by atoms with E-state index in [0.717, 1.165) is 0 Å². The summed E-state index contributed by atoms with van der Waals surface area (Å²) < 4.78 is 17.8. The summed E-state index contributed by atoms with van der Waals surface area (Å²) in [4.78, 5) is 0.702. The molecule has 0 aliphatic heterocycles. The Bertz CT molecular complexity index is 612. The molecule has 3 atom stereocenters. The molecule has 1 aliphatic carbocycles. The van der Waals surface area contributed by atoms with Crippen molar-refractivity contribution < 1.29 is 9.32 Å². The van der Waals surface area contributed by atoms with Gasteiger partial charge in [-0.1, -0.05) is 56.5 Å². The largest absolute Gasteiger partial charge is 0.392 e. The van der Waals surface area contributed by atoms with Gasteiger partial charge < -0.3 is 5.11 Å². The van der Waals surface area contributed by atoms with Crippen LogP contribution in [0.1, 0.15) is 45.4 Å². The number of aliphatic hydroxyl groups is 1. The van der Waals surface area contributed by atoms with Gasteiger partial charge in [-0.3, -0.25) is 0 Å². The Balaban J connectivity index is 2.33. The van der Waals surface area contributed by atoms with Crippen LogP contribution < -0.4 is 0 Å². The molecule has 23 heavy (non-hydrogen) atoms. The first kappa shape index (κ1) is 18.2. The van der Waals surface area contributed by atoms with Gasteiger partial charge in [0.25, 0.3) is 0 Å². The van der Waals surface area contributed by atoms with Crippen LogP contribution in [-0.2, 0) is 9.73 Å². The fraction of sp³-hybridized carbons (Fsp3) is 0.579. The van der Waals surface area contributed by atoms with Crippen molar-refractivity contribution in [3.63, 3.8) is 0 Å². The quantitative estimate of drug-likeness (QED) is 0.782. The predicted molar refractivity (Wildman–Crippen MR) is 97.0 cm³/mol. The van der Waals surface area contributed by atoms with Crippen molar-refractivity contribution in [2.75, 3.05) is 7.05 Å². The monoisotopic (exact) mass is 335 g/mol. The zero-order valence-electron chi connectivity index (χ0n) is 14.2. The summed E-state index contributed by atoms with van der Waals surface area (Å²) >= 11 is 0. The first-order valence-electron chi connectivity index (χ1n) is 8.67. The van der Waals surface area contributed by atoms with Gasteiger partial charge in [-0.2, -0.15) is 0 Å². The second kappa shape index (κ2) is 8.65. The van der Waals surface area contributed by atoms with Crippen LogP contribution in [0, 0.1) is 5.92 Å². The van der Waals surface area contributed by atoms with E-state index in [1.807, 2.05) is 43.3 Å². The van der Waals surface area contributed by atoms with Crippen molar-refractivity contribution >= 4 is 9.73 Å². The molecule has 1 saturated carbocycles. The molecule has 1 aliphatic rings. The van der Waals surface area contributed by atoms with E-state index in [1.54, 1.807) is 7.05 Å². The molecule has 1 N–H and O–H groups in total. The predicted octanol–water partition coefficient (Wildman–Crippen LogP) is 4.42. The van der Waals surface area contributed by atoms with Crippen molar-refractivity contribution in [3.8, 4) is 0 Å². The van der Waals surface area contributed by atoms with Crippen LogP contribution in [0.2, 0.25) is 0 Å². The van der Waals surface area contributed by atoms with E-state index < -0.39 is 21.1 Å². The van der Waals surface area contributed by atoms with Gasteiger partial charge in [0, 0.05) is 11.9 Å². The highest BCUT2D eigenvalue weighted by molar-refractivity contribution is 7.94. The van der Waals surface area contributed by atoms with Crippen LogP contribution in [0.15, 0.2) is 51.7 Å².